The van der Waals surface area contributed by atoms with Crippen molar-refractivity contribution < 1.29 is 14.6 Å². The molecular weight excluding hydrogens is 278 g/mol. The molecule has 2 rings (SSSR count). The summed E-state index contributed by atoms with van der Waals surface area (Å²) < 4.78 is 6.56. The van der Waals surface area contributed by atoms with E-state index in [-0.39, 0.29) is 23.5 Å². The minimum Gasteiger partial charge on any atom is -0.506 e. The predicted molar refractivity (Wildman–Crippen MR) is 78.7 cm³/mol. The van der Waals surface area contributed by atoms with Gasteiger partial charge in [0.05, 0.1) is 11.5 Å². The molecule has 0 spiro atoms. The first-order chi connectivity index (χ1) is 9.34. The summed E-state index contributed by atoms with van der Waals surface area (Å²) in [7, 11) is 0. The van der Waals surface area contributed by atoms with Crippen LogP contribution in [0.15, 0.2) is 16.2 Å². The molecule has 2 aromatic rings. The summed E-state index contributed by atoms with van der Waals surface area (Å²) in [6.45, 7) is 7.10. The maximum Gasteiger partial charge on any atom is 0.347 e. The van der Waals surface area contributed by atoms with Crippen LogP contribution >= 0.6 is 11.3 Å². The SMILES string of the molecule is CC(C)OC(=O)c1c(O)c2ccsc2n(C(C)C)c1=O. The lowest BCUT2D eigenvalue weighted by Crippen LogP contribution is -2.29. The molecule has 0 aromatic carbocycles. The van der Waals surface area contributed by atoms with Gasteiger partial charge in [-0.25, -0.2) is 4.79 Å². The first kappa shape index (κ1) is 14.6. The zero-order valence-electron chi connectivity index (χ0n) is 11.8. The van der Waals surface area contributed by atoms with E-state index in [1.807, 2.05) is 13.8 Å². The van der Waals surface area contributed by atoms with Gasteiger partial charge in [0.15, 0.2) is 5.56 Å². The van der Waals surface area contributed by atoms with E-state index in [4.69, 9.17) is 4.74 Å². The van der Waals surface area contributed by atoms with Gasteiger partial charge in [-0.15, -0.1) is 11.3 Å². The van der Waals surface area contributed by atoms with Crippen molar-refractivity contribution in [2.24, 2.45) is 0 Å². The lowest BCUT2D eigenvalue weighted by molar-refractivity contribution is 0.0372. The van der Waals surface area contributed by atoms with Crippen molar-refractivity contribution in [3.8, 4) is 5.75 Å². The van der Waals surface area contributed by atoms with E-state index in [9.17, 15) is 14.7 Å². The molecule has 5 nitrogen and oxygen atoms in total. The summed E-state index contributed by atoms with van der Waals surface area (Å²) in [6, 6.07) is 1.58. The third kappa shape index (κ3) is 2.31. The maximum absolute atomic E-state index is 12.5. The van der Waals surface area contributed by atoms with Crippen molar-refractivity contribution in [1.82, 2.24) is 4.57 Å². The Bertz CT molecular complexity index is 712. The molecule has 108 valence electrons. The molecular formula is C14H17NO4S. The van der Waals surface area contributed by atoms with Gasteiger partial charge in [0, 0.05) is 6.04 Å². The number of pyridine rings is 1. The van der Waals surface area contributed by atoms with Gasteiger partial charge >= 0.3 is 5.97 Å². The summed E-state index contributed by atoms with van der Waals surface area (Å²) in [4.78, 5) is 25.2. The fraction of sp³-hybridized carbons (Fsp3) is 0.429. The molecule has 0 saturated heterocycles. The van der Waals surface area contributed by atoms with Crippen molar-refractivity contribution in [3.63, 3.8) is 0 Å². The van der Waals surface area contributed by atoms with E-state index in [1.165, 1.54) is 15.9 Å². The Hall–Kier alpha value is -1.82. The fourth-order valence-electron chi connectivity index (χ4n) is 2.04. The number of hydrogen-bond acceptors (Lipinski definition) is 5. The molecule has 2 heterocycles. The molecule has 2 aromatic heterocycles. The normalized spacial score (nSPS) is 11.5. The average molecular weight is 295 g/mol. The van der Waals surface area contributed by atoms with Gasteiger partial charge in [-0.1, -0.05) is 0 Å². The van der Waals surface area contributed by atoms with Gasteiger partial charge in [0.1, 0.15) is 10.6 Å². The van der Waals surface area contributed by atoms with Crippen LogP contribution < -0.4 is 5.56 Å². The molecule has 20 heavy (non-hydrogen) atoms. The van der Waals surface area contributed by atoms with Crippen LogP contribution in [0.1, 0.15) is 44.1 Å². The van der Waals surface area contributed by atoms with E-state index in [2.05, 4.69) is 0 Å². The zero-order valence-corrected chi connectivity index (χ0v) is 12.7. The highest BCUT2D eigenvalue weighted by Gasteiger charge is 2.25. The van der Waals surface area contributed by atoms with Gasteiger partial charge in [-0.3, -0.25) is 9.36 Å². The Morgan fingerprint density at radius 1 is 1.35 bits per heavy atom. The largest absolute Gasteiger partial charge is 0.506 e. The lowest BCUT2D eigenvalue weighted by Gasteiger charge is -2.15. The molecule has 0 aliphatic heterocycles. The highest BCUT2D eigenvalue weighted by molar-refractivity contribution is 7.16. The van der Waals surface area contributed by atoms with Crippen molar-refractivity contribution >= 4 is 27.5 Å². The predicted octanol–water partition coefficient (Wildman–Crippen LogP) is 2.91. The Labute approximate surface area is 120 Å². The fourth-order valence-corrected chi connectivity index (χ4v) is 3.07. The number of aromatic nitrogens is 1. The molecule has 0 atom stereocenters. The summed E-state index contributed by atoms with van der Waals surface area (Å²) in [6.07, 6.45) is -0.355. The first-order valence-corrected chi connectivity index (χ1v) is 7.28. The number of nitrogens with zero attached hydrogens (tertiary/aromatic N) is 1. The Balaban J connectivity index is 2.78. The highest BCUT2D eigenvalue weighted by atomic mass is 32.1. The quantitative estimate of drug-likeness (QED) is 0.884. The van der Waals surface area contributed by atoms with E-state index < -0.39 is 11.5 Å². The van der Waals surface area contributed by atoms with Crippen LogP contribution in [0.2, 0.25) is 0 Å². The number of carbonyl (C=O) groups excluding carboxylic acids is 1. The van der Waals surface area contributed by atoms with Gasteiger partial charge in [0.25, 0.3) is 5.56 Å². The van der Waals surface area contributed by atoms with Crippen LogP contribution in [0.4, 0.5) is 0 Å². The number of hydrogen-bond donors (Lipinski definition) is 1. The molecule has 6 heteroatoms. The molecule has 0 aliphatic carbocycles. The molecule has 0 radical (unpaired) electrons. The number of thiophene rings is 1. The highest BCUT2D eigenvalue weighted by Crippen LogP contribution is 2.32. The number of rotatable bonds is 3. The van der Waals surface area contributed by atoms with Gasteiger partial charge in [-0.2, -0.15) is 0 Å². The van der Waals surface area contributed by atoms with Crippen LogP contribution in [0.3, 0.4) is 0 Å². The summed E-state index contributed by atoms with van der Waals surface area (Å²) in [5.74, 6) is -1.08. The molecule has 0 bridgehead atoms. The number of aromatic hydroxyl groups is 1. The van der Waals surface area contributed by atoms with Gasteiger partial charge in [-0.05, 0) is 39.1 Å². The van der Waals surface area contributed by atoms with Crippen LogP contribution in [0.25, 0.3) is 10.2 Å². The van der Waals surface area contributed by atoms with Crippen molar-refractivity contribution in [1.29, 1.82) is 0 Å². The minimum atomic E-state index is -0.787. The second kappa shape index (κ2) is 5.28. The van der Waals surface area contributed by atoms with E-state index >= 15 is 0 Å². The average Bonchev–Trinajstić information content (AvgIpc) is 2.76. The smallest absolute Gasteiger partial charge is 0.347 e. The van der Waals surface area contributed by atoms with Gasteiger partial charge in [0.2, 0.25) is 0 Å². The number of fused-ring (bicyclic) bond motifs is 1. The lowest BCUT2D eigenvalue weighted by atomic mass is 10.2. The van der Waals surface area contributed by atoms with Crippen molar-refractivity contribution in [2.75, 3.05) is 0 Å². The summed E-state index contributed by atoms with van der Waals surface area (Å²) in [5, 5.41) is 12.5. The van der Waals surface area contributed by atoms with E-state index in [0.717, 1.165) is 0 Å². The molecule has 0 fully saturated rings. The standard InChI is InChI=1S/C14H17NO4S/c1-7(2)15-12(17)10(14(18)19-8(3)4)11(16)9-5-6-20-13(9)15/h5-8,16H,1-4H3. The first-order valence-electron chi connectivity index (χ1n) is 6.40. The second-order valence-corrected chi connectivity index (χ2v) is 5.98. The van der Waals surface area contributed by atoms with Gasteiger partial charge < -0.3 is 9.84 Å². The maximum atomic E-state index is 12.5. The van der Waals surface area contributed by atoms with Crippen molar-refractivity contribution in [3.05, 3.63) is 27.4 Å². The third-order valence-corrected chi connectivity index (χ3v) is 3.76. The number of esters is 1. The second-order valence-electron chi connectivity index (χ2n) is 5.09. The van der Waals surface area contributed by atoms with E-state index in [1.54, 1.807) is 25.3 Å². The molecule has 1 N–H and O–H groups in total. The van der Waals surface area contributed by atoms with Crippen LogP contribution in [0, 0.1) is 0 Å². The minimum absolute atomic E-state index is 0.116. The third-order valence-electron chi connectivity index (χ3n) is 2.85. The number of ether oxygens (including phenoxy) is 1. The van der Waals surface area contributed by atoms with Crippen LogP contribution in [0.5, 0.6) is 5.75 Å². The molecule has 0 aliphatic rings. The number of carbonyl (C=O) groups is 1. The Kier molecular flexibility index (Phi) is 3.85. The monoisotopic (exact) mass is 295 g/mol. The van der Waals surface area contributed by atoms with Crippen LogP contribution in [-0.4, -0.2) is 21.7 Å². The van der Waals surface area contributed by atoms with Crippen molar-refractivity contribution in [2.45, 2.75) is 39.8 Å². The Morgan fingerprint density at radius 2 is 2.00 bits per heavy atom. The molecule has 0 unspecified atom stereocenters. The molecule has 0 amide bonds. The summed E-state index contributed by atoms with van der Waals surface area (Å²) in [5.41, 5.74) is -0.809. The topological polar surface area (TPSA) is 68.5 Å². The summed E-state index contributed by atoms with van der Waals surface area (Å²) >= 11 is 1.36. The Morgan fingerprint density at radius 3 is 2.55 bits per heavy atom. The molecule has 0 saturated carbocycles. The zero-order chi connectivity index (χ0) is 15.0. The van der Waals surface area contributed by atoms with Crippen LogP contribution in [-0.2, 0) is 4.74 Å². The van der Waals surface area contributed by atoms with E-state index in [0.29, 0.717) is 10.2 Å².